The van der Waals surface area contributed by atoms with Gasteiger partial charge in [-0.15, -0.1) is 0 Å². The predicted molar refractivity (Wildman–Crippen MR) is 74.7 cm³/mol. The molecule has 0 saturated carbocycles. The van der Waals surface area contributed by atoms with E-state index >= 15 is 0 Å². The Bertz CT molecular complexity index is 305. The molecule has 0 amide bonds. The first-order valence-electron chi connectivity index (χ1n) is 6.48. The van der Waals surface area contributed by atoms with Crippen molar-refractivity contribution >= 4 is 13.7 Å². The Labute approximate surface area is 106 Å². The first kappa shape index (κ1) is 14.4. The maximum absolute atomic E-state index is 6.08. The zero-order chi connectivity index (χ0) is 12.7. The molecule has 0 aliphatic heterocycles. The van der Waals surface area contributed by atoms with Crippen LogP contribution in [0, 0.1) is 5.92 Å². The molecule has 0 aliphatic rings. The Morgan fingerprint density at radius 1 is 1.00 bits per heavy atom. The van der Waals surface area contributed by atoms with Crippen molar-refractivity contribution in [2.45, 2.75) is 33.7 Å². The first-order valence-corrected chi connectivity index (χ1v) is 8.50. The Kier molecular flexibility index (Phi) is 5.89. The van der Waals surface area contributed by atoms with E-state index in [4.69, 9.17) is 8.85 Å². The molecule has 0 unspecified atom stereocenters. The van der Waals surface area contributed by atoms with Crippen LogP contribution < -0.4 is 5.19 Å². The first-order chi connectivity index (χ1) is 8.14. The molecule has 2 nitrogen and oxygen atoms in total. The SMILES string of the molecule is CCO[Si](CC(C)C)(OCC)c1ccccc1. The van der Waals surface area contributed by atoms with E-state index in [-0.39, 0.29) is 0 Å². The van der Waals surface area contributed by atoms with Gasteiger partial charge in [-0.05, 0) is 31.0 Å². The van der Waals surface area contributed by atoms with Gasteiger partial charge in [-0.2, -0.15) is 0 Å². The van der Waals surface area contributed by atoms with Gasteiger partial charge in [0.05, 0.1) is 0 Å². The average molecular weight is 252 g/mol. The lowest BCUT2D eigenvalue weighted by Crippen LogP contribution is -2.54. The maximum Gasteiger partial charge on any atom is 0.372 e. The van der Waals surface area contributed by atoms with Crippen molar-refractivity contribution in [3.05, 3.63) is 30.3 Å². The van der Waals surface area contributed by atoms with Crippen LogP contribution in [0.3, 0.4) is 0 Å². The lowest BCUT2D eigenvalue weighted by Gasteiger charge is -2.31. The van der Waals surface area contributed by atoms with Crippen molar-refractivity contribution in [2.75, 3.05) is 13.2 Å². The van der Waals surface area contributed by atoms with E-state index in [1.165, 1.54) is 5.19 Å². The molecule has 1 aromatic carbocycles. The standard InChI is InChI=1S/C14H24O2Si/c1-5-15-17(16-6-2,12-13(3)4)14-10-8-7-9-11-14/h7-11,13H,5-6,12H2,1-4H3. The fraction of sp³-hybridized carbons (Fsp3) is 0.571. The molecule has 0 spiro atoms. The lowest BCUT2D eigenvalue weighted by atomic mass is 10.3. The Hall–Kier alpha value is -0.643. The molecular weight excluding hydrogens is 228 g/mol. The summed E-state index contributed by atoms with van der Waals surface area (Å²) in [4.78, 5) is 0. The molecule has 1 rings (SSSR count). The van der Waals surface area contributed by atoms with Gasteiger partial charge in [0.15, 0.2) is 0 Å². The second kappa shape index (κ2) is 6.94. The van der Waals surface area contributed by atoms with Gasteiger partial charge in [0.25, 0.3) is 0 Å². The zero-order valence-electron chi connectivity index (χ0n) is 11.4. The van der Waals surface area contributed by atoms with Crippen LogP contribution in [0.4, 0.5) is 0 Å². The highest BCUT2D eigenvalue weighted by atomic mass is 28.4. The van der Waals surface area contributed by atoms with Crippen molar-refractivity contribution < 1.29 is 8.85 Å². The van der Waals surface area contributed by atoms with Crippen LogP contribution in [0.15, 0.2) is 30.3 Å². The number of hydrogen-bond acceptors (Lipinski definition) is 2. The molecule has 0 fully saturated rings. The third-order valence-corrected chi connectivity index (χ3v) is 6.72. The normalized spacial score (nSPS) is 12.1. The smallest absolute Gasteiger partial charge is 0.372 e. The van der Waals surface area contributed by atoms with Gasteiger partial charge < -0.3 is 8.85 Å². The van der Waals surface area contributed by atoms with E-state index in [1.807, 2.05) is 19.9 Å². The van der Waals surface area contributed by atoms with Gasteiger partial charge >= 0.3 is 8.56 Å². The molecule has 0 aliphatic carbocycles. The summed E-state index contributed by atoms with van der Waals surface area (Å²) in [6.45, 7) is 9.97. The topological polar surface area (TPSA) is 18.5 Å². The summed E-state index contributed by atoms with van der Waals surface area (Å²) in [5.74, 6) is 0.583. The summed E-state index contributed by atoms with van der Waals surface area (Å²) in [6, 6.07) is 11.5. The molecule has 17 heavy (non-hydrogen) atoms. The van der Waals surface area contributed by atoms with E-state index in [2.05, 4.69) is 38.1 Å². The minimum Gasteiger partial charge on any atom is -0.391 e. The quantitative estimate of drug-likeness (QED) is 0.694. The molecule has 3 heteroatoms. The highest BCUT2D eigenvalue weighted by molar-refractivity contribution is 6.81. The highest BCUT2D eigenvalue weighted by Crippen LogP contribution is 2.20. The molecule has 0 saturated heterocycles. The fourth-order valence-corrected chi connectivity index (χ4v) is 5.74. The van der Waals surface area contributed by atoms with E-state index in [0.29, 0.717) is 19.1 Å². The molecule has 0 atom stereocenters. The highest BCUT2D eigenvalue weighted by Gasteiger charge is 2.40. The second-order valence-corrected chi connectivity index (χ2v) is 7.65. The molecule has 0 radical (unpaired) electrons. The molecule has 0 heterocycles. The molecule has 0 bridgehead atoms. The van der Waals surface area contributed by atoms with Crippen LogP contribution >= 0.6 is 0 Å². The van der Waals surface area contributed by atoms with Gasteiger partial charge in [0.1, 0.15) is 0 Å². The Balaban J connectivity index is 3.04. The summed E-state index contributed by atoms with van der Waals surface area (Å²) >= 11 is 0. The van der Waals surface area contributed by atoms with Crippen LogP contribution in [0.1, 0.15) is 27.7 Å². The zero-order valence-corrected chi connectivity index (χ0v) is 12.4. The van der Waals surface area contributed by atoms with Gasteiger partial charge in [0.2, 0.25) is 0 Å². The minimum atomic E-state index is -2.23. The minimum absolute atomic E-state index is 0.583. The second-order valence-electron chi connectivity index (χ2n) is 4.58. The summed E-state index contributed by atoms with van der Waals surface area (Å²) in [6.07, 6.45) is 0. The van der Waals surface area contributed by atoms with Gasteiger partial charge in [-0.25, -0.2) is 0 Å². The maximum atomic E-state index is 6.08. The van der Waals surface area contributed by atoms with Crippen LogP contribution in [-0.4, -0.2) is 21.8 Å². The number of rotatable bonds is 7. The van der Waals surface area contributed by atoms with Crippen molar-refractivity contribution in [3.8, 4) is 0 Å². The Morgan fingerprint density at radius 3 is 1.94 bits per heavy atom. The number of hydrogen-bond donors (Lipinski definition) is 0. The van der Waals surface area contributed by atoms with Gasteiger partial charge in [0, 0.05) is 13.2 Å². The van der Waals surface area contributed by atoms with Crippen LogP contribution in [0.25, 0.3) is 0 Å². The van der Waals surface area contributed by atoms with Crippen LogP contribution in [-0.2, 0) is 8.85 Å². The largest absolute Gasteiger partial charge is 0.391 e. The van der Waals surface area contributed by atoms with E-state index < -0.39 is 8.56 Å². The molecule has 1 aromatic rings. The Morgan fingerprint density at radius 2 is 1.53 bits per heavy atom. The molecule has 96 valence electrons. The van der Waals surface area contributed by atoms with Crippen molar-refractivity contribution in [3.63, 3.8) is 0 Å². The van der Waals surface area contributed by atoms with Gasteiger partial charge in [-0.1, -0.05) is 44.2 Å². The van der Waals surface area contributed by atoms with E-state index in [0.717, 1.165) is 6.04 Å². The summed E-state index contributed by atoms with van der Waals surface area (Å²) in [7, 11) is -2.23. The van der Waals surface area contributed by atoms with Crippen molar-refractivity contribution in [2.24, 2.45) is 5.92 Å². The van der Waals surface area contributed by atoms with Crippen LogP contribution in [0.5, 0.6) is 0 Å². The number of benzene rings is 1. The third-order valence-electron chi connectivity index (χ3n) is 2.65. The van der Waals surface area contributed by atoms with E-state index in [9.17, 15) is 0 Å². The monoisotopic (exact) mass is 252 g/mol. The molecular formula is C14H24O2Si. The average Bonchev–Trinajstić information content (AvgIpc) is 2.30. The summed E-state index contributed by atoms with van der Waals surface area (Å²) in [5.41, 5.74) is 0. The van der Waals surface area contributed by atoms with Crippen molar-refractivity contribution in [1.29, 1.82) is 0 Å². The summed E-state index contributed by atoms with van der Waals surface area (Å²) < 4.78 is 12.2. The molecule has 0 aromatic heterocycles. The predicted octanol–water partition coefficient (Wildman–Crippen LogP) is 3.06. The summed E-state index contributed by atoms with van der Waals surface area (Å²) in [5, 5.41) is 1.25. The fourth-order valence-electron chi connectivity index (χ4n) is 2.14. The van der Waals surface area contributed by atoms with Gasteiger partial charge in [-0.3, -0.25) is 0 Å². The third kappa shape index (κ3) is 3.94. The lowest BCUT2D eigenvalue weighted by molar-refractivity contribution is 0.192. The van der Waals surface area contributed by atoms with E-state index in [1.54, 1.807) is 0 Å². The van der Waals surface area contributed by atoms with Crippen molar-refractivity contribution in [1.82, 2.24) is 0 Å². The molecule has 0 N–H and O–H groups in total. The van der Waals surface area contributed by atoms with Crippen LogP contribution in [0.2, 0.25) is 6.04 Å².